The summed E-state index contributed by atoms with van der Waals surface area (Å²) in [6.07, 6.45) is 2.11. The van der Waals surface area contributed by atoms with Crippen LogP contribution in [0.5, 0.6) is 0 Å². The van der Waals surface area contributed by atoms with Crippen LogP contribution in [0.15, 0.2) is 0 Å². The van der Waals surface area contributed by atoms with Gasteiger partial charge in [0.2, 0.25) is 0 Å². The predicted molar refractivity (Wildman–Crippen MR) is 45.1 cm³/mol. The van der Waals surface area contributed by atoms with Crippen LogP contribution >= 0.6 is 0 Å². The van der Waals surface area contributed by atoms with E-state index in [0.717, 1.165) is 0 Å². The van der Waals surface area contributed by atoms with E-state index in [2.05, 4.69) is 13.8 Å². The molecule has 0 saturated carbocycles. The predicted octanol–water partition coefficient (Wildman–Crippen LogP) is 2.35. The minimum absolute atomic E-state index is 0.255. The summed E-state index contributed by atoms with van der Waals surface area (Å²) in [5.41, 5.74) is 0. The van der Waals surface area contributed by atoms with Crippen LogP contribution in [0.3, 0.4) is 0 Å². The molecule has 2 heteroatoms. The highest BCUT2D eigenvalue weighted by molar-refractivity contribution is 4.79. The van der Waals surface area contributed by atoms with Crippen LogP contribution in [0.1, 0.15) is 33.6 Å². The summed E-state index contributed by atoms with van der Waals surface area (Å²) in [6.45, 7) is 6.79. The largest absolute Gasteiger partial charge is 0.363 e. The van der Waals surface area contributed by atoms with Crippen molar-refractivity contribution < 1.29 is 4.74 Å². The van der Waals surface area contributed by atoms with E-state index in [1.807, 2.05) is 6.07 Å². The minimum Gasteiger partial charge on any atom is -0.363 e. The summed E-state index contributed by atoms with van der Waals surface area (Å²) in [6, 6.07) is 2.04. The number of nitrogens with zero attached hydrogens (tertiary/aromatic N) is 1. The Morgan fingerprint density at radius 3 is 2.55 bits per heavy atom. The number of hydrogen-bond donors (Lipinski definition) is 0. The number of rotatable bonds is 5. The second-order valence-corrected chi connectivity index (χ2v) is 3.00. The summed E-state index contributed by atoms with van der Waals surface area (Å²) < 4.78 is 5.24. The van der Waals surface area contributed by atoms with Gasteiger partial charge in [-0.25, -0.2) is 0 Å². The first kappa shape index (κ1) is 10.4. The number of nitriles is 1. The van der Waals surface area contributed by atoms with Crippen LogP contribution in [0.2, 0.25) is 0 Å². The molecule has 0 rings (SSSR count). The normalized spacial score (nSPS) is 15.5. The van der Waals surface area contributed by atoms with E-state index < -0.39 is 0 Å². The van der Waals surface area contributed by atoms with Crippen LogP contribution in [-0.2, 0) is 4.74 Å². The highest BCUT2D eigenvalue weighted by Gasteiger charge is 2.03. The maximum atomic E-state index is 8.40. The Labute approximate surface area is 69.2 Å². The molecule has 0 bridgehead atoms. The third kappa shape index (κ3) is 5.87. The maximum Gasteiger partial charge on any atom is 0.141 e. The van der Waals surface area contributed by atoms with Gasteiger partial charge >= 0.3 is 0 Å². The molecule has 2 atom stereocenters. The second-order valence-electron chi connectivity index (χ2n) is 3.00. The first-order valence-electron chi connectivity index (χ1n) is 4.21. The Balaban J connectivity index is 3.31. The lowest BCUT2D eigenvalue weighted by Gasteiger charge is -2.11. The summed E-state index contributed by atoms with van der Waals surface area (Å²) in [7, 11) is 0. The van der Waals surface area contributed by atoms with E-state index in [1.165, 1.54) is 12.8 Å². The molecule has 2 unspecified atom stereocenters. The van der Waals surface area contributed by atoms with Crippen molar-refractivity contribution in [2.24, 2.45) is 5.92 Å². The molecule has 0 aromatic heterocycles. The Morgan fingerprint density at radius 1 is 1.45 bits per heavy atom. The highest BCUT2D eigenvalue weighted by Crippen LogP contribution is 2.06. The quantitative estimate of drug-likeness (QED) is 0.610. The summed E-state index contributed by atoms with van der Waals surface area (Å²) in [4.78, 5) is 0. The fraction of sp³-hybridized carbons (Fsp3) is 0.889. The third-order valence-electron chi connectivity index (χ3n) is 1.59. The van der Waals surface area contributed by atoms with Crippen LogP contribution in [0, 0.1) is 17.2 Å². The molecule has 0 aliphatic heterocycles. The minimum atomic E-state index is -0.255. The van der Waals surface area contributed by atoms with E-state index >= 15 is 0 Å². The van der Waals surface area contributed by atoms with Gasteiger partial charge in [0.15, 0.2) is 0 Å². The Bertz CT molecular complexity index is 128. The Morgan fingerprint density at radius 2 is 2.09 bits per heavy atom. The topological polar surface area (TPSA) is 33.0 Å². The molecule has 0 aliphatic carbocycles. The molecule has 0 aliphatic rings. The third-order valence-corrected chi connectivity index (χ3v) is 1.59. The molecule has 0 spiro atoms. The van der Waals surface area contributed by atoms with Gasteiger partial charge in [0.05, 0.1) is 12.7 Å². The smallest absolute Gasteiger partial charge is 0.141 e. The van der Waals surface area contributed by atoms with Crippen LogP contribution in [-0.4, -0.2) is 12.7 Å². The Kier molecular flexibility index (Phi) is 5.87. The highest BCUT2D eigenvalue weighted by atomic mass is 16.5. The second kappa shape index (κ2) is 6.18. The fourth-order valence-corrected chi connectivity index (χ4v) is 0.922. The van der Waals surface area contributed by atoms with Gasteiger partial charge in [-0.2, -0.15) is 5.26 Å². The van der Waals surface area contributed by atoms with E-state index in [1.54, 1.807) is 6.92 Å². The standard InChI is InChI=1S/C9H17NO/c1-4-5-8(2)7-11-9(3)6-10/h8-9H,4-5,7H2,1-3H3. The fourth-order valence-electron chi connectivity index (χ4n) is 0.922. The van der Waals surface area contributed by atoms with Crippen molar-refractivity contribution in [3.63, 3.8) is 0 Å². The molecule has 2 nitrogen and oxygen atoms in total. The summed E-state index contributed by atoms with van der Waals surface area (Å²) in [5, 5.41) is 8.40. The maximum absolute atomic E-state index is 8.40. The van der Waals surface area contributed by atoms with Gasteiger partial charge in [-0.3, -0.25) is 0 Å². The van der Waals surface area contributed by atoms with Gasteiger partial charge in [-0.1, -0.05) is 20.3 Å². The molecule has 0 N–H and O–H groups in total. The lowest BCUT2D eigenvalue weighted by molar-refractivity contribution is 0.0736. The van der Waals surface area contributed by atoms with E-state index in [-0.39, 0.29) is 6.10 Å². The molecule has 0 heterocycles. The molecule has 0 radical (unpaired) electrons. The molecule has 11 heavy (non-hydrogen) atoms. The molecule has 64 valence electrons. The van der Waals surface area contributed by atoms with Crippen molar-refractivity contribution in [2.45, 2.75) is 39.7 Å². The van der Waals surface area contributed by atoms with Crippen molar-refractivity contribution >= 4 is 0 Å². The van der Waals surface area contributed by atoms with Crippen molar-refractivity contribution in [1.82, 2.24) is 0 Å². The van der Waals surface area contributed by atoms with Gasteiger partial charge in [0.25, 0.3) is 0 Å². The number of ether oxygens (including phenoxy) is 1. The van der Waals surface area contributed by atoms with Crippen molar-refractivity contribution in [1.29, 1.82) is 5.26 Å². The SMILES string of the molecule is CCCC(C)COC(C)C#N. The first-order chi connectivity index (χ1) is 5.20. The zero-order valence-corrected chi connectivity index (χ0v) is 7.63. The molecule has 0 aromatic rings. The zero-order valence-electron chi connectivity index (χ0n) is 7.63. The molecule has 0 saturated heterocycles. The van der Waals surface area contributed by atoms with E-state index in [9.17, 15) is 0 Å². The first-order valence-corrected chi connectivity index (χ1v) is 4.21. The van der Waals surface area contributed by atoms with Gasteiger partial charge < -0.3 is 4.74 Å². The molecular formula is C9H17NO. The lowest BCUT2D eigenvalue weighted by atomic mass is 10.1. The van der Waals surface area contributed by atoms with Gasteiger partial charge in [0.1, 0.15) is 6.10 Å². The average molecular weight is 155 g/mol. The monoisotopic (exact) mass is 155 g/mol. The molecule has 0 amide bonds. The summed E-state index contributed by atoms with van der Waals surface area (Å²) in [5.74, 6) is 0.579. The zero-order chi connectivity index (χ0) is 8.69. The van der Waals surface area contributed by atoms with Crippen molar-refractivity contribution in [2.75, 3.05) is 6.61 Å². The van der Waals surface area contributed by atoms with Crippen molar-refractivity contribution in [3.8, 4) is 6.07 Å². The van der Waals surface area contributed by atoms with Gasteiger partial charge in [-0.05, 0) is 19.3 Å². The van der Waals surface area contributed by atoms with E-state index in [4.69, 9.17) is 10.00 Å². The number of hydrogen-bond acceptors (Lipinski definition) is 2. The van der Waals surface area contributed by atoms with Gasteiger partial charge in [0, 0.05) is 0 Å². The lowest BCUT2D eigenvalue weighted by Crippen LogP contribution is -2.12. The Hall–Kier alpha value is -0.550. The molecular weight excluding hydrogens is 138 g/mol. The van der Waals surface area contributed by atoms with E-state index in [0.29, 0.717) is 12.5 Å². The average Bonchev–Trinajstić information content (AvgIpc) is 2.01. The van der Waals surface area contributed by atoms with Crippen LogP contribution in [0.4, 0.5) is 0 Å². The van der Waals surface area contributed by atoms with Crippen LogP contribution < -0.4 is 0 Å². The van der Waals surface area contributed by atoms with Gasteiger partial charge in [-0.15, -0.1) is 0 Å². The molecule has 0 fully saturated rings. The molecule has 0 aromatic carbocycles. The van der Waals surface area contributed by atoms with Crippen LogP contribution in [0.25, 0.3) is 0 Å². The summed E-state index contributed by atoms with van der Waals surface area (Å²) >= 11 is 0. The van der Waals surface area contributed by atoms with Crippen molar-refractivity contribution in [3.05, 3.63) is 0 Å².